The topological polar surface area (TPSA) is 62.5 Å². The second-order valence-electron chi connectivity index (χ2n) is 7.78. The lowest BCUT2D eigenvalue weighted by Gasteiger charge is -2.32. The van der Waals surface area contributed by atoms with Crippen molar-refractivity contribution >= 4 is 52.0 Å². The van der Waals surface area contributed by atoms with E-state index in [4.69, 9.17) is 27.7 Å². The molecule has 1 saturated heterocycles. The van der Waals surface area contributed by atoms with Gasteiger partial charge in [0.05, 0.1) is 10.0 Å². The number of halogens is 2. The van der Waals surface area contributed by atoms with Crippen molar-refractivity contribution < 1.29 is 9.32 Å². The Kier molecular flexibility index (Phi) is 6.03. The largest absolute Gasteiger partial charge is 0.336 e. The number of amides is 1. The molecule has 4 aromatic rings. The van der Waals surface area contributed by atoms with E-state index < -0.39 is 0 Å². The molecule has 0 atom stereocenters. The molecule has 1 fully saturated rings. The molecule has 0 aliphatic carbocycles. The van der Waals surface area contributed by atoms with Crippen molar-refractivity contribution in [2.75, 3.05) is 31.1 Å². The van der Waals surface area contributed by atoms with Crippen LogP contribution >= 0.6 is 23.2 Å². The summed E-state index contributed by atoms with van der Waals surface area (Å²) in [5, 5.41) is 7.40. The Morgan fingerprint density at radius 1 is 0.909 bits per heavy atom. The van der Waals surface area contributed by atoms with Gasteiger partial charge in [-0.2, -0.15) is 4.98 Å². The first kappa shape index (κ1) is 21.5. The first-order valence-electron chi connectivity index (χ1n) is 10.6. The summed E-state index contributed by atoms with van der Waals surface area (Å²) in [6.07, 6.45) is 3.30. The molecule has 1 amide bonds. The van der Waals surface area contributed by atoms with Gasteiger partial charge in [-0.25, -0.2) is 0 Å². The van der Waals surface area contributed by atoms with E-state index >= 15 is 0 Å². The second kappa shape index (κ2) is 9.25. The van der Waals surface area contributed by atoms with Crippen LogP contribution in [0.3, 0.4) is 0 Å². The Bertz CT molecular complexity index is 1340. The Labute approximate surface area is 201 Å². The summed E-state index contributed by atoms with van der Waals surface area (Å²) in [5.41, 5.74) is 1.73. The van der Waals surface area contributed by atoms with Gasteiger partial charge in [-0.05, 0) is 40.6 Å². The van der Waals surface area contributed by atoms with E-state index in [0.717, 1.165) is 16.5 Å². The van der Waals surface area contributed by atoms with Gasteiger partial charge < -0.3 is 14.3 Å². The highest BCUT2D eigenvalue weighted by Crippen LogP contribution is 2.25. The zero-order chi connectivity index (χ0) is 22.8. The second-order valence-corrected chi connectivity index (χ2v) is 8.60. The summed E-state index contributed by atoms with van der Waals surface area (Å²) >= 11 is 12.0. The normalized spacial score (nSPS) is 14.4. The summed E-state index contributed by atoms with van der Waals surface area (Å²) in [6, 6.07) is 20.0. The lowest BCUT2D eigenvalue weighted by atomic mass is 10.1. The van der Waals surface area contributed by atoms with E-state index in [-0.39, 0.29) is 5.91 Å². The monoisotopic (exact) mass is 478 g/mol. The van der Waals surface area contributed by atoms with Gasteiger partial charge in [0.2, 0.25) is 11.7 Å². The first-order valence-corrected chi connectivity index (χ1v) is 11.3. The third-order valence-electron chi connectivity index (χ3n) is 5.65. The van der Waals surface area contributed by atoms with Crippen molar-refractivity contribution in [3.05, 3.63) is 82.3 Å². The highest BCUT2D eigenvalue weighted by atomic mass is 35.5. The smallest absolute Gasteiger partial charge is 0.324 e. The van der Waals surface area contributed by atoms with Gasteiger partial charge in [0, 0.05) is 37.8 Å². The molecule has 166 valence electrons. The van der Waals surface area contributed by atoms with Crippen LogP contribution in [0.25, 0.3) is 28.2 Å². The van der Waals surface area contributed by atoms with E-state index in [1.807, 2.05) is 29.2 Å². The number of rotatable bonds is 4. The Balaban J connectivity index is 1.21. The van der Waals surface area contributed by atoms with Crippen molar-refractivity contribution in [1.29, 1.82) is 0 Å². The van der Waals surface area contributed by atoms with E-state index in [2.05, 4.69) is 34.4 Å². The van der Waals surface area contributed by atoms with Gasteiger partial charge in [0.25, 0.3) is 0 Å². The molecule has 3 aromatic carbocycles. The van der Waals surface area contributed by atoms with E-state index in [9.17, 15) is 4.79 Å². The minimum absolute atomic E-state index is 0.0527. The van der Waals surface area contributed by atoms with Crippen LogP contribution in [0.5, 0.6) is 0 Å². The number of hydrogen-bond acceptors (Lipinski definition) is 5. The zero-order valence-corrected chi connectivity index (χ0v) is 19.1. The number of nitrogens with zero attached hydrogens (tertiary/aromatic N) is 4. The predicted octanol–water partition coefficient (Wildman–Crippen LogP) is 5.56. The number of carbonyl (C=O) groups excluding carboxylic acids is 1. The third kappa shape index (κ3) is 4.72. The summed E-state index contributed by atoms with van der Waals surface area (Å²) in [6.45, 7) is 2.37. The van der Waals surface area contributed by atoms with Gasteiger partial charge in [-0.3, -0.25) is 4.79 Å². The lowest BCUT2D eigenvalue weighted by molar-refractivity contribution is -0.126. The van der Waals surface area contributed by atoms with Crippen molar-refractivity contribution in [3.8, 4) is 11.4 Å². The minimum Gasteiger partial charge on any atom is -0.336 e. The molecule has 33 heavy (non-hydrogen) atoms. The van der Waals surface area contributed by atoms with Crippen LogP contribution in [0.15, 0.2) is 71.3 Å². The van der Waals surface area contributed by atoms with Crippen molar-refractivity contribution in [2.24, 2.45) is 0 Å². The molecule has 2 heterocycles. The van der Waals surface area contributed by atoms with Crippen LogP contribution in [0, 0.1) is 0 Å². The van der Waals surface area contributed by atoms with Crippen molar-refractivity contribution in [3.63, 3.8) is 0 Å². The molecular formula is C25H20Cl2N4O2. The number of aromatic nitrogens is 2. The molecule has 0 saturated carbocycles. The Morgan fingerprint density at radius 2 is 1.70 bits per heavy atom. The fourth-order valence-corrected chi connectivity index (χ4v) is 4.10. The summed E-state index contributed by atoms with van der Waals surface area (Å²) in [7, 11) is 0. The average molecular weight is 479 g/mol. The number of benzene rings is 3. The average Bonchev–Trinajstić information content (AvgIpc) is 3.35. The fourth-order valence-electron chi connectivity index (χ4n) is 3.80. The summed E-state index contributed by atoms with van der Waals surface area (Å²) in [4.78, 5) is 21.0. The molecular weight excluding hydrogens is 459 g/mol. The molecule has 0 N–H and O–H groups in total. The maximum atomic E-state index is 12.6. The van der Waals surface area contributed by atoms with Crippen molar-refractivity contribution in [2.45, 2.75) is 0 Å². The van der Waals surface area contributed by atoms with Crippen LogP contribution in [0.1, 0.15) is 5.56 Å². The third-order valence-corrected chi connectivity index (χ3v) is 6.39. The summed E-state index contributed by atoms with van der Waals surface area (Å²) < 4.78 is 5.52. The van der Waals surface area contributed by atoms with Crippen LogP contribution in [0.2, 0.25) is 10.0 Å². The standard InChI is InChI=1S/C25H20Cl2N4O2/c26-21-9-5-17(15-22(21)27)6-10-23(32)30-11-13-31(14-12-30)25-28-24(29-33-25)20-8-7-18-3-1-2-4-19(18)16-20/h1-10,15-16H,11-14H2/b10-6+. The minimum atomic E-state index is -0.0527. The zero-order valence-electron chi connectivity index (χ0n) is 17.6. The molecule has 1 aromatic heterocycles. The molecule has 0 radical (unpaired) electrons. The van der Waals surface area contributed by atoms with Crippen LogP contribution in [0.4, 0.5) is 6.01 Å². The molecule has 8 heteroatoms. The van der Waals surface area contributed by atoms with E-state index in [1.54, 1.807) is 29.2 Å². The summed E-state index contributed by atoms with van der Waals surface area (Å²) in [5.74, 6) is 0.502. The fraction of sp³-hybridized carbons (Fsp3) is 0.160. The molecule has 6 nitrogen and oxygen atoms in total. The maximum Gasteiger partial charge on any atom is 0.324 e. The highest BCUT2D eigenvalue weighted by molar-refractivity contribution is 6.42. The van der Waals surface area contributed by atoms with Gasteiger partial charge in [-0.15, -0.1) is 0 Å². The molecule has 5 rings (SSSR count). The molecule has 1 aliphatic rings. The number of fused-ring (bicyclic) bond motifs is 1. The highest BCUT2D eigenvalue weighted by Gasteiger charge is 2.23. The number of anilines is 1. The van der Waals surface area contributed by atoms with Gasteiger partial charge in [0.1, 0.15) is 0 Å². The van der Waals surface area contributed by atoms with Gasteiger partial charge >= 0.3 is 6.01 Å². The van der Waals surface area contributed by atoms with Crippen molar-refractivity contribution in [1.82, 2.24) is 15.0 Å². The van der Waals surface area contributed by atoms with Crippen LogP contribution in [-0.2, 0) is 4.79 Å². The number of hydrogen-bond donors (Lipinski definition) is 0. The Morgan fingerprint density at radius 3 is 2.48 bits per heavy atom. The SMILES string of the molecule is O=C(/C=C/c1ccc(Cl)c(Cl)c1)N1CCN(c2nc(-c3ccc4ccccc4c3)no2)CC1. The van der Waals surface area contributed by atoms with Gasteiger partial charge in [-0.1, -0.05) is 70.8 Å². The lowest BCUT2D eigenvalue weighted by Crippen LogP contribution is -2.48. The maximum absolute atomic E-state index is 12.6. The van der Waals surface area contributed by atoms with Crippen LogP contribution in [-0.4, -0.2) is 47.1 Å². The quantitative estimate of drug-likeness (QED) is 0.359. The Hall–Kier alpha value is -3.35. The number of piperazine rings is 1. The number of carbonyl (C=O) groups is 1. The molecule has 0 unspecified atom stereocenters. The van der Waals surface area contributed by atoms with E-state index in [0.29, 0.717) is 48.1 Å². The van der Waals surface area contributed by atoms with Crippen LogP contribution < -0.4 is 4.90 Å². The predicted molar refractivity (Wildman–Crippen MR) is 132 cm³/mol. The molecule has 1 aliphatic heterocycles. The first-order chi connectivity index (χ1) is 16.1. The molecule has 0 spiro atoms. The van der Waals surface area contributed by atoms with E-state index in [1.165, 1.54) is 5.39 Å². The van der Waals surface area contributed by atoms with Gasteiger partial charge in [0.15, 0.2) is 0 Å². The molecule has 0 bridgehead atoms.